The van der Waals surface area contributed by atoms with Gasteiger partial charge in [0, 0.05) is 31.7 Å². The van der Waals surface area contributed by atoms with Gasteiger partial charge in [-0.25, -0.2) is 9.37 Å². The van der Waals surface area contributed by atoms with Gasteiger partial charge < -0.3 is 9.80 Å². The number of amides is 2. The van der Waals surface area contributed by atoms with Crippen LogP contribution >= 0.6 is 11.3 Å². The number of benzene rings is 2. The topological polar surface area (TPSA) is 53.5 Å². The summed E-state index contributed by atoms with van der Waals surface area (Å²) in [5.41, 5.74) is -1.08. The van der Waals surface area contributed by atoms with Crippen molar-refractivity contribution in [1.29, 1.82) is 0 Å². The number of rotatable bonds is 3. The zero-order chi connectivity index (χ0) is 22.9. The van der Waals surface area contributed by atoms with E-state index in [9.17, 15) is 27.2 Å². The van der Waals surface area contributed by atoms with Crippen molar-refractivity contribution in [3.05, 3.63) is 76.5 Å². The molecule has 10 heteroatoms. The highest BCUT2D eigenvalue weighted by Crippen LogP contribution is 2.33. The number of carbonyl (C=O) groups is 2. The predicted octanol–water partition coefficient (Wildman–Crippen LogP) is 4.57. The summed E-state index contributed by atoms with van der Waals surface area (Å²) in [5, 5.41) is 0.379. The lowest BCUT2D eigenvalue weighted by Gasteiger charge is -2.35. The second-order valence-electron chi connectivity index (χ2n) is 7.14. The lowest BCUT2D eigenvalue weighted by atomic mass is 10.1. The van der Waals surface area contributed by atoms with Crippen LogP contribution in [0.1, 0.15) is 25.6 Å². The molecule has 1 aliphatic heterocycles. The van der Waals surface area contributed by atoms with Gasteiger partial charge in [-0.3, -0.25) is 9.59 Å². The molecule has 0 radical (unpaired) electrons. The Kier molecular flexibility index (Phi) is 5.96. The van der Waals surface area contributed by atoms with Crippen LogP contribution in [-0.2, 0) is 6.18 Å². The molecular weight excluding hydrogens is 446 g/mol. The summed E-state index contributed by atoms with van der Waals surface area (Å²) in [7, 11) is 0. The molecule has 1 fully saturated rings. The number of hydrogen-bond acceptors (Lipinski definition) is 4. The van der Waals surface area contributed by atoms with Crippen LogP contribution in [0.15, 0.2) is 54.7 Å². The third kappa shape index (κ3) is 4.36. The lowest BCUT2D eigenvalue weighted by molar-refractivity contribution is -0.138. The van der Waals surface area contributed by atoms with Gasteiger partial charge in [0.05, 0.1) is 17.3 Å². The van der Waals surface area contributed by atoms with Crippen LogP contribution in [0.5, 0.6) is 0 Å². The maximum atomic E-state index is 14.0. The molecule has 0 bridgehead atoms. The second-order valence-corrected chi connectivity index (χ2v) is 8.17. The van der Waals surface area contributed by atoms with Crippen LogP contribution < -0.4 is 0 Å². The minimum atomic E-state index is -4.63. The van der Waals surface area contributed by atoms with Crippen LogP contribution in [-0.4, -0.2) is 52.8 Å². The van der Waals surface area contributed by atoms with E-state index in [2.05, 4.69) is 4.98 Å². The Morgan fingerprint density at radius 2 is 1.47 bits per heavy atom. The highest BCUT2D eigenvalue weighted by molar-refractivity contribution is 7.16. The van der Waals surface area contributed by atoms with E-state index in [1.807, 2.05) is 0 Å². The number of thiazole rings is 1. The molecule has 1 aromatic heterocycles. The molecule has 1 saturated heterocycles. The first-order chi connectivity index (χ1) is 15.3. The quantitative estimate of drug-likeness (QED) is 0.535. The van der Waals surface area contributed by atoms with E-state index in [1.54, 1.807) is 18.2 Å². The second kappa shape index (κ2) is 8.70. The third-order valence-corrected chi connectivity index (χ3v) is 6.16. The van der Waals surface area contributed by atoms with Crippen molar-refractivity contribution >= 4 is 23.2 Å². The molecule has 5 nitrogen and oxygen atoms in total. The molecule has 4 rings (SSSR count). The molecule has 2 aromatic carbocycles. The number of hydrogen-bond donors (Lipinski definition) is 0. The molecule has 3 aromatic rings. The highest BCUT2D eigenvalue weighted by Gasteiger charge is 2.36. The number of alkyl halides is 3. The van der Waals surface area contributed by atoms with Gasteiger partial charge in [-0.2, -0.15) is 13.2 Å². The van der Waals surface area contributed by atoms with Gasteiger partial charge in [-0.15, -0.1) is 11.3 Å². The molecule has 0 aliphatic carbocycles. The molecule has 2 amide bonds. The lowest BCUT2D eigenvalue weighted by Crippen LogP contribution is -2.50. The number of carbonyl (C=O) groups excluding carboxylic acids is 2. The fourth-order valence-corrected chi connectivity index (χ4v) is 4.40. The van der Waals surface area contributed by atoms with Crippen LogP contribution in [0, 0.1) is 5.82 Å². The summed E-state index contributed by atoms with van der Waals surface area (Å²) in [6.45, 7) is 0.558. The first-order valence-corrected chi connectivity index (χ1v) is 10.5. The van der Waals surface area contributed by atoms with Crippen LogP contribution in [0.3, 0.4) is 0 Å². The molecule has 0 N–H and O–H groups in total. The van der Waals surface area contributed by atoms with E-state index in [1.165, 1.54) is 34.2 Å². The van der Waals surface area contributed by atoms with Gasteiger partial charge >= 0.3 is 6.18 Å². The minimum absolute atomic E-state index is 0.107. The molecule has 2 heterocycles. The summed E-state index contributed by atoms with van der Waals surface area (Å²) in [5.74, 6) is -1.47. The number of piperazine rings is 1. The van der Waals surface area contributed by atoms with Crippen molar-refractivity contribution in [3.8, 4) is 10.6 Å². The Bertz CT molecular complexity index is 1150. The van der Waals surface area contributed by atoms with E-state index < -0.39 is 29.0 Å². The van der Waals surface area contributed by atoms with E-state index in [0.29, 0.717) is 15.4 Å². The van der Waals surface area contributed by atoms with Crippen LogP contribution in [0.2, 0.25) is 0 Å². The first-order valence-electron chi connectivity index (χ1n) is 9.71. The third-order valence-electron chi connectivity index (χ3n) is 5.14. The maximum Gasteiger partial charge on any atom is 0.417 e. The molecule has 0 saturated carbocycles. The van der Waals surface area contributed by atoms with E-state index >= 15 is 0 Å². The summed E-state index contributed by atoms with van der Waals surface area (Å²) >= 11 is 1.06. The van der Waals surface area contributed by atoms with Crippen molar-refractivity contribution in [2.75, 3.05) is 26.2 Å². The smallest absolute Gasteiger partial charge is 0.335 e. The standard InChI is InChI=1S/C22H17F4N3O2S/c23-17-8-4-2-6-15(17)19-27-13-18(32-19)21(31)29-11-9-28(10-12-29)20(30)14-5-1-3-7-16(14)22(24,25)26/h1-8,13H,9-12H2. The normalized spacial score (nSPS) is 14.5. The average Bonchev–Trinajstić information content (AvgIpc) is 3.28. The molecule has 32 heavy (non-hydrogen) atoms. The number of nitrogens with zero attached hydrogens (tertiary/aromatic N) is 3. The fourth-order valence-electron chi connectivity index (χ4n) is 3.49. The van der Waals surface area contributed by atoms with E-state index in [4.69, 9.17) is 0 Å². The predicted molar refractivity (Wildman–Crippen MR) is 111 cm³/mol. The fraction of sp³-hybridized carbons (Fsp3) is 0.227. The monoisotopic (exact) mass is 463 g/mol. The van der Waals surface area contributed by atoms with Crippen LogP contribution in [0.25, 0.3) is 10.6 Å². The van der Waals surface area contributed by atoms with Gasteiger partial charge in [0.2, 0.25) is 0 Å². The van der Waals surface area contributed by atoms with Gasteiger partial charge in [-0.05, 0) is 24.3 Å². The van der Waals surface area contributed by atoms with Crippen molar-refractivity contribution < 1.29 is 27.2 Å². The summed E-state index contributed by atoms with van der Waals surface area (Å²) in [6.07, 6.45) is -3.25. The Morgan fingerprint density at radius 1 is 0.875 bits per heavy atom. The molecule has 166 valence electrons. The molecule has 0 unspecified atom stereocenters. The Balaban J connectivity index is 1.43. The first kappa shape index (κ1) is 21.9. The molecule has 1 aliphatic rings. The molecule has 0 atom stereocenters. The average molecular weight is 463 g/mol. The highest BCUT2D eigenvalue weighted by atomic mass is 32.1. The van der Waals surface area contributed by atoms with Crippen LogP contribution in [0.4, 0.5) is 17.6 Å². The molecule has 0 spiro atoms. The Labute approximate surface area is 184 Å². The molecular formula is C22H17F4N3O2S. The van der Waals surface area contributed by atoms with E-state index in [-0.39, 0.29) is 32.1 Å². The largest absolute Gasteiger partial charge is 0.417 e. The Morgan fingerprint density at radius 3 is 2.12 bits per heavy atom. The Hall–Kier alpha value is -3.27. The van der Waals surface area contributed by atoms with Gasteiger partial charge in [-0.1, -0.05) is 24.3 Å². The number of aromatic nitrogens is 1. The zero-order valence-electron chi connectivity index (χ0n) is 16.6. The SMILES string of the molecule is O=C(c1cnc(-c2ccccc2F)s1)N1CCN(C(=O)c2ccccc2C(F)(F)F)CC1. The van der Waals surface area contributed by atoms with Crippen molar-refractivity contribution in [2.24, 2.45) is 0 Å². The number of halogens is 4. The maximum absolute atomic E-state index is 14.0. The van der Waals surface area contributed by atoms with Gasteiger partial charge in [0.1, 0.15) is 15.7 Å². The summed E-state index contributed by atoms with van der Waals surface area (Å²) < 4.78 is 53.7. The van der Waals surface area contributed by atoms with Gasteiger partial charge in [0.15, 0.2) is 0 Å². The minimum Gasteiger partial charge on any atom is -0.335 e. The summed E-state index contributed by atoms with van der Waals surface area (Å²) in [4.78, 5) is 32.8. The van der Waals surface area contributed by atoms with Crippen molar-refractivity contribution in [1.82, 2.24) is 14.8 Å². The zero-order valence-corrected chi connectivity index (χ0v) is 17.4. The van der Waals surface area contributed by atoms with Gasteiger partial charge in [0.25, 0.3) is 11.8 Å². The van der Waals surface area contributed by atoms with Crippen molar-refractivity contribution in [2.45, 2.75) is 6.18 Å². The van der Waals surface area contributed by atoms with Crippen molar-refractivity contribution in [3.63, 3.8) is 0 Å². The van der Waals surface area contributed by atoms with E-state index in [0.717, 1.165) is 23.5 Å². The summed E-state index contributed by atoms with van der Waals surface area (Å²) in [6, 6.07) is 10.8.